The summed E-state index contributed by atoms with van der Waals surface area (Å²) < 4.78 is 2.01. The summed E-state index contributed by atoms with van der Waals surface area (Å²) in [5.74, 6) is -0.0971. The Morgan fingerprint density at radius 3 is 3.00 bits per heavy atom. The second kappa shape index (κ2) is 3.67. The van der Waals surface area contributed by atoms with E-state index in [0.29, 0.717) is 5.13 Å². The minimum absolute atomic E-state index is 0.0971. The number of aromatic nitrogens is 1. The molecule has 1 amide bonds. The Bertz CT molecular complexity index is 495. The van der Waals surface area contributed by atoms with Crippen molar-refractivity contribution in [3.8, 4) is 0 Å². The molecule has 0 atom stereocenters. The Morgan fingerprint density at radius 1 is 1.57 bits per heavy atom. The van der Waals surface area contributed by atoms with Crippen molar-refractivity contribution in [2.24, 2.45) is 0 Å². The predicted molar refractivity (Wildman–Crippen MR) is 61.6 cm³/mol. The summed E-state index contributed by atoms with van der Waals surface area (Å²) in [6, 6.07) is 5.85. The SMILES string of the molecule is CC(=O)Nc1nc2c(Br)cccc2s1. The van der Waals surface area contributed by atoms with Gasteiger partial charge in [-0.3, -0.25) is 4.79 Å². The zero-order valence-electron chi connectivity index (χ0n) is 7.37. The lowest BCUT2D eigenvalue weighted by atomic mass is 10.3. The third-order valence-corrected chi connectivity index (χ3v) is 3.23. The number of benzene rings is 1. The first-order valence-corrected chi connectivity index (χ1v) is 5.60. The van der Waals surface area contributed by atoms with Crippen LogP contribution in [0.2, 0.25) is 0 Å². The smallest absolute Gasteiger partial charge is 0.223 e. The third kappa shape index (κ3) is 1.78. The number of hydrogen-bond acceptors (Lipinski definition) is 3. The molecule has 0 spiro atoms. The molecule has 5 heteroatoms. The van der Waals surface area contributed by atoms with Crippen LogP contribution in [0.4, 0.5) is 5.13 Å². The predicted octanol–water partition coefficient (Wildman–Crippen LogP) is 3.02. The molecule has 72 valence electrons. The number of fused-ring (bicyclic) bond motifs is 1. The number of carbonyl (C=O) groups is 1. The maximum Gasteiger partial charge on any atom is 0.223 e. The molecule has 1 aromatic heterocycles. The van der Waals surface area contributed by atoms with E-state index in [4.69, 9.17) is 0 Å². The van der Waals surface area contributed by atoms with Gasteiger partial charge in [0.1, 0.15) is 0 Å². The fourth-order valence-electron chi connectivity index (χ4n) is 1.12. The molecular weight excluding hydrogens is 264 g/mol. The first-order chi connectivity index (χ1) is 6.66. The number of halogens is 1. The summed E-state index contributed by atoms with van der Waals surface area (Å²) in [4.78, 5) is 15.1. The van der Waals surface area contributed by atoms with Crippen LogP contribution in [0.5, 0.6) is 0 Å². The summed E-state index contributed by atoms with van der Waals surface area (Å²) in [7, 11) is 0. The molecule has 1 heterocycles. The standard InChI is InChI=1S/C9H7BrN2OS/c1-5(13)11-9-12-8-6(10)3-2-4-7(8)14-9/h2-4H,1H3,(H,11,12,13). The van der Waals surface area contributed by atoms with Gasteiger partial charge in [-0.15, -0.1) is 0 Å². The van der Waals surface area contributed by atoms with Crippen LogP contribution in [0.25, 0.3) is 10.2 Å². The number of nitrogens with zero attached hydrogens (tertiary/aromatic N) is 1. The van der Waals surface area contributed by atoms with Crippen molar-refractivity contribution in [1.82, 2.24) is 4.98 Å². The van der Waals surface area contributed by atoms with E-state index in [1.165, 1.54) is 18.3 Å². The molecule has 1 N–H and O–H groups in total. The van der Waals surface area contributed by atoms with E-state index in [2.05, 4.69) is 26.2 Å². The first-order valence-electron chi connectivity index (χ1n) is 3.99. The van der Waals surface area contributed by atoms with Crippen LogP contribution in [0.15, 0.2) is 22.7 Å². The van der Waals surface area contributed by atoms with Crippen LogP contribution < -0.4 is 5.32 Å². The minimum Gasteiger partial charge on any atom is -0.302 e. The highest BCUT2D eigenvalue weighted by Crippen LogP contribution is 2.30. The van der Waals surface area contributed by atoms with Crippen LogP contribution in [-0.4, -0.2) is 10.9 Å². The van der Waals surface area contributed by atoms with Crippen molar-refractivity contribution in [2.45, 2.75) is 6.92 Å². The van der Waals surface area contributed by atoms with Crippen LogP contribution in [0.3, 0.4) is 0 Å². The van der Waals surface area contributed by atoms with E-state index in [-0.39, 0.29) is 5.91 Å². The number of thiazole rings is 1. The van der Waals surface area contributed by atoms with E-state index >= 15 is 0 Å². The van der Waals surface area contributed by atoms with Crippen molar-refractivity contribution in [3.05, 3.63) is 22.7 Å². The maximum atomic E-state index is 10.8. The van der Waals surface area contributed by atoms with Crippen molar-refractivity contribution in [2.75, 3.05) is 5.32 Å². The van der Waals surface area contributed by atoms with Gasteiger partial charge in [-0.25, -0.2) is 4.98 Å². The number of para-hydroxylation sites is 1. The van der Waals surface area contributed by atoms with Gasteiger partial charge in [-0.2, -0.15) is 0 Å². The molecule has 0 saturated heterocycles. The van der Waals surface area contributed by atoms with Crippen molar-refractivity contribution < 1.29 is 4.79 Å². The van der Waals surface area contributed by atoms with Crippen LogP contribution >= 0.6 is 27.3 Å². The summed E-state index contributed by atoms with van der Waals surface area (Å²) in [6.45, 7) is 1.47. The summed E-state index contributed by atoms with van der Waals surface area (Å²) in [5.41, 5.74) is 0.890. The first kappa shape index (κ1) is 9.61. The lowest BCUT2D eigenvalue weighted by molar-refractivity contribution is -0.114. The Labute approximate surface area is 93.3 Å². The third-order valence-electron chi connectivity index (χ3n) is 1.65. The van der Waals surface area contributed by atoms with Crippen molar-refractivity contribution in [1.29, 1.82) is 0 Å². The molecule has 0 saturated carbocycles. The van der Waals surface area contributed by atoms with Crippen molar-refractivity contribution in [3.63, 3.8) is 0 Å². The van der Waals surface area contributed by atoms with Gasteiger partial charge >= 0.3 is 0 Å². The van der Waals surface area contributed by atoms with Crippen LogP contribution in [-0.2, 0) is 4.79 Å². The van der Waals surface area contributed by atoms with E-state index < -0.39 is 0 Å². The van der Waals surface area contributed by atoms with Crippen LogP contribution in [0.1, 0.15) is 6.92 Å². The average Bonchev–Trinajstić information content (AvgIpc) is 2.47. The number of rotatable bonds is 1. The molecule has 0 radical (unpaired) electrons. The second-order valence-electron chi connectivity index (χ2n) is 2.79. The molecule has 2 aromatic rings. The number of nitrogens with one attached hydrogen (secondary N) is 1. The summed E-state index contributed by atoms with van der Waals surface area (Å²) in [5, 5.41) is 3.31. The highest BCUT2D eigenvalue weighted by Gasteiger charge is 2.06. The Balaban J connectivity index is 2.51. The van der Waals surface area contributed by atoms with Gasteiger partial charge in [-0.05, 0) is 28.1 Å². The quantitative estimate of drug-likeness (QED) is 0.866. The lowest BCUT2D eigenvalue weighted by Crippen LogP contribution is -2.04. The molecule has 0 aliphatic rings. The van der Waals surface area contributed by atoms with Gasteiger partial charge in [0.05, 0.1) is 10.2 Å². The molecule has 2 rings (SSSR count). The highest BCUT2D eigenvalue weighted by atomic mass is 79.9. The molecule has 14 heavy (non-hydrogen) atoms. The fraction of sp³-hybridized carbons (Fsp3) is 0.111. The molecule has 0 unspecified atom stereocenters. The van der Waals surface area contributed by atoms with E-state index in [9.17, 15) is 4.79 Å². The molecular formula is C9H7BrN2OS. The van der Waals surface area contributed by atoms with Crippen molar-refractivity contribution >= 4 is 48.5 Å². The molecule has 0 bridgehead atoms. The molecule has 0 aliphatic carbocycles. The fourth-order valence-corrected chi connectivity index (χ4v) is 2.64. The Hall–Kier alpha value is -0.940. The average molecular weight is 271 g/mol. The number of hydrogen-bond donors (Lipinski definition) is 1. The molecule has 3 nitrogen and oxygen atoms in total. The lowest BCUT2D eigenvalue weighted by Gasteiger charge is -1.91. The maximum absolute atomic E-state index is 10.8. The summed E-state index contributed by atoms with van der Waals surface area (Å²) in [6.07, 6.45) is 0. The van der Waals surface area contributed by atoms with E-state index in [1.54, 1.807) is 0 Å². The highest BCUT2D eigenvalue weighted by molar-refractivity contribution is 9.10. The molecule has 1 aromatic carbocycles. The monoisotopic (exact) mass is 270 g/mol. The number of carbonyl (C=O) groups excluding carboxylic acids is 1. The van der Waals surface area contributed by atoms with Crippen LogP contribution in [0, 0.1) is 0 Å². The van der Waals surface area contributed by atoms with E-state index in [1.807, 2.05) is 18.2 Å². The topological polar surface area (TPSA) is 42.0 Å². The molecule has 0 fully saturated rings. The zero-order valence-corrected chi connectivity index (χ0v) is 9.78. The number of anilines is 1. The molecule has 0 aliphatic heterocycles. The second-order valence-corrected chi connectivity index (χ2v) is 4.67. The summed E-state index contributed by atoms with van der Waals surface area (Å²) >= 11 is 4.87. The Kier molecular flexibility index (Phi) is 2.52. The minimum atomic E-state index is -0.0971. The normalized spacial score (nSPS) is 10.4. The zero-order chi connectivity index (χ0) is 10.1. The Morgan fingerprint density at radius 2 is 2.36 bits per heavy atom. The largest absolute Gasteiger partial charge is 0.302 e. The van der Waals surface area contributed by atoms with Gasteiger partial charge in [0.15, 0.2) is 5.13 Å². The van der Waals surface area contributed by atoms with Gasteiger partial charge < -0.3 is 5.32 Å². The van der Waals surface area contributed by atoms with Gasteiger partial charge in [0, 0.05) is 11.4 Å². The van der Waals surface area contributed by atoms with Gasteiger partial charge in [-0.1, -0.05) is 17.4 Å². The van der Waals surface area contributed by atoms with Gasteiger partial charge in [0.2, 0.25) is 5.91 Å². The van der Waals surface area contributed by atoms with Gasteiger partial charge in [0.25, 0.3) is 0 Å². The van der Waals surface area contributed by atoms with E-state index in [0.717, 1.165) is 14.7 Å². The number of amides is 1.